The van der Waals surface area contributed by atoms with Gasteiger partial charge in [0, 0.05) is 15.7 Å². The molecular formula is C21H17BrFN3O2S. The number of carbonyl (C=O) groups excluding carboxylic acids is 1. The van der Waals surface area contributed by atoms with Gasteiger partial charge in [0.25, 0.3) is 5.91 Å². The van der Waals surface area contributed by atoms with E-state index in [9.17, 15) is 9.18 Å². The lowest BCUT2D eigenvalue weighted by molar-refractivity contribution is -0.113. The Morgan fingerprint density at radius 2 is 2.07 bits per heavy atom. The van der Waals surface area contributed by atoms with Crippen LogP contribution in [-0.2, 0) is 4.79 Å². The summed E-state index contributed by atoms with van der Waals surface area (Å²) < 4.78 is 20.7. The van der Waals surface area contributed by atoms with E-state index in [1.165, 1.54) is 13.2 Å². The highest BCUT2D eigenvalue weighted by Gasteiger charge is 2.36. The summed E-state index contributed by atoms with van der Waals surface area (Å²) in [6.45, 7) is 9.27. The lowest BCUT2D eigenvalue weighted by Gasteiger charge is -2.28. The van der Waals surface area contributed by atoms with E-state index >= 15 is 0 Å². The second kappa shape index (κ2) is 8.72. The Morgan fingerprint density at radius 3 is 2.72 bits per heavy atom. The van der Waals surface area contributed by atoms with E-state index in [4.69, 9.17) is 11.3 Å². The average molecular weight is 474 g/mol. The van der Waals surface area contributed by atoms with Crippen LogP contribution in [0.1, 0.15) is 18.4 Å². The molecule has 148 valence electrons. The smallest absolute Gasteiger partial charge is 0.253 e. The summed E-state index contributed by atoms with van der Waals surface area (Å²) in [6.07, 6.45) is 0. The van der Waals surface area contributed by atoms with Crippen LogP contribution in [0.4, 0.5) is 10.1 Å². The van der Waals surface area contributed by atoms with Crippen LogP contribution < -0.4 is 15.4 Å². The predicted octanol–water partition coefficient (Wildman–Crippen LogP) is 5.21. The Kier molecular flexibility index (Phi) is 6.30. The highest BCUT2D eigenvalue weighted by Crippen LogP contribution is 2.41. The minimum absolute atomic E-state index is 0.144. The Bertz CT molecular complexity index is 1090. The number of methoxy groups -OCH3 is 1. The summed E-state index contributed by atoms with van der Waals surface area (Å²) in [5.74, 6) is -1.40. The Balaban J connectivity index is 2.10. The number of ether oxygens (including phenoxy) is 1. The van der Waals surface area contributed by atoms with Gasteiger partial charge in [0.15, 0.2) is 0 Å². The molecule has 1 aliphatic heterocycles. The van der Waals surface area contributed by atoms with Gasteiger partial charge in [-0.1, -0.05) is 34.1 Å². The highest BCUT2D eigenvalue weighted by atomic mass is 79.9. The van der Waals surface area contributed by atoms with E-state index in [-0.39, 0.29) is 16.8 Å². The van der Waals surface area contributed by atoms with Gasteiger partial charge < -0.3 is 15.4 Å². The van der Waals surface area contributed by atoms with E-state index < -0.39 is 17.6 Å². The van der Waals surface area contributed by atoms with Crippen LogP contribution in [0.3, 0.4) is 0 Å². The molecule has 29 heavy (non-hydrogen) atoms. The zero-order valence-electron chi connectivity index (χ0n) is 15.6. The third-order valence-corrected chi connectivity index (χ3v) is 5.34. The fourth-order valence-electron chi connectivity index (χ4n) is 3.19. The first kappa shape index (κ1) is 21.0. The number of rotatable bonds is 4. The van der Waals surface area contributed by atoms with Gasteiger partial charge in [-0.05, 0) is 36.8 Å². The second-order valence-corrected chi connectivity index (χ2v) is 7.63. The molecule has 0 aromatic heterocycles. The molecule has 1 unspecified atom stereocenters. The number of allylic oxidation sites excluding steroid dienone is 2. The number of dihydropyridines is 1. The van der Waals surface area contributed by atoms with Gasteiger partial charge in [-0.15, -0.1) is 12.6 Å². The van der Waals surface area contributed by atoms with Crippen molar-refractivity contribution in [1.82, 2.24) is 5.32 Å². The summed E-state index contributed by atoms with van der Waals surface area (Å²) in [6, 6.07) is 11.5. The molecule has 0 aliphatic carbocycles. The predicted molar refractivity (Wildman–Crippen MR) is 117 cm³/mol. The number of hydrogen-bond acceptors (Lipinski definition) is 4. The molecule has 1 atom stereocenters. The number of halogens is 2. The van der Waals surface area contributed by atoms with Gasteiger partial charge in [-0.3, -0.25) is 4.79 Å². The molecule has 0 spiro atoms. The van der Waals surface area contributed by atoms with Crippen molar-refractivity contribution >= 4 is 40.2 Å². The average Bonchev–Trinajstić information content (AvgIpc) is 2.68. The maximum atomic E-state index is 14.8. The van der Waals surface area contributed by atoms with Crippen LogP contribution in [0.25, 0.3) is 4.85 Å². The number of benzene rings is 2. The number of anilines is 1. The van der Waals surface area contributed by atoms with E-state index in [0.29, 0.717) is 26.6 Å². The van der Waals surface area contributed by atoms with Gasteiger partial charge in [0.05, 0.1) is 30.3 Å². The summed E-state index contributed by atoms with van der Waals surface area (Å²) in [5.41, 5.74) is 1.56. The van der Waals surface area contributed by atoms with Gasteiger partial charge in [0.1, 0.15) is 11.6 Å². The third kappa shape index (κ3) is 4.16. The fourth-order valence-corrected chi connectivity index (χ4v) is 3.87. The number of amides is 1. The van der Waals surface area contributed by atoms with Gasteiger partial charge in [0.2, 0.25) is 5.70 Å². The first-order valence-electron chi connectivity index (χ1n) is 8.55. The molecule has 2 aromatic rings. The zero-order valence-corrected chi connectivity index (χ0v) is 18.1. The van der Waals surface area contributed by atoms with Crippen LogP contribution >= 0.6 is 28.6 Å². The molecule has 2 N–H and O–H groups in total. The number of carbonyl (C=O) groups is 1. The summed E-state index contributed by atoms with van der Waals surface area (Å²) in [7, 11) is 1.50. The van der Waals surface area contributed by atoms with Crippen molar-refractivity contribution < 1.29 is 13.9 Å². The molecule has 3 rings (SSSR count). The maximum Gasteiger partial charge on any atom is 0.253 e. The van der Waals surface area contributed by atoms with Crippen LogP contribution in [0.5, 0.6) is 5.75 Å². The molecule has 0 saturated heterocycles. The summed E-state index contributed by atoms with van der Waals surface area (Å²) >= 11 is 7.57. The van der Waals surface area contributed by atoms with Crippen molar-refractivity contribution in [3.05, 3.63) is 91.7 Å². The Hall–Kier alpha value is -2.76. The number of hydrogen-bond donors (Lipinski definition) is 3. The normalized spacial score (nSPS) is 16.2. The van der Waals surface area contributed by atoms with Gasteiger partial charge in [-0.2, -0.15) is 0 Å². The fraction of sp³-hybridized carbons (Fsp3) is 0.143. The molecule has 0 fully saturated rings. The molecule has 1 heterocycles. The minimum Gasteiger partial charge on any atom is -0.495 e. The molecule has 0 bridgehead atoms. The monoisotopic (exact) mass is 473 g/mol. The summed E-state index contributed by atoms with van der Waals surface area (Å²) in [4.78, 5) is 16.8. The first-order valence-corrected chi connectivity index (χ1v) is 9.79. The van der Waals surface area contributed by atoms with Crippen molar-refractivity contribution in [1.29, 1.82) is 0 Å². The Labute approximate surface area is 182 Å². The molecule has 0 radical (unpaired) electrons. The number of nitrogens with zero attached hydrogens (tertiary/aromatic N) is 1. The lowest BCUT2D eigenvalue weighted by Crippen LogP contribution is -2.30. The van der Waals surface area contributed by atoms with Crippen molar-refractivity contribution in [2.24, 2.45) is 0 Å². The van der Waals surface area contributed by atoms with Crippen LogP contribution in [0.15, 0.2) is 68.9 Å². The van der Waals surface area contributed by atoms with Crippen molar-refractivity contribution in [3.63, 3.8) is 0 Å². The molecule has 8 heteroatoms. The van der Waals surface area contributed by atoms with E-state index in [1.54, 1.807) is 43.3 Å². The second-order valence-electron chi connectivity index (χ2n) is 6.26. The zero-order chi connectivity index (χ0) is 21.1. The molecule has 5 nitrogen and oxygen atoms in total. The first-order chi connectivity index (χ1) is 13.9. The molecule has 2 aromatic carbocycles. The molecule has 1 aliphatic rings. The topological polar surface area (TPSA) is 54.7 Å². The van der Waals surface area contributed by atoms with Gasteiger partial charge >= 0.3 is 0 Å². The summed E-state index contributed by atoms with van der Waals surface area (Å²) in [5, 5.41) is 6.04. The van der Waals surface area contributed by atoms with Gasteiger partial charge in [-0.25, -0.2) is 9.24 Å². The quantitative estimate of drug-likeness (QED) is 0.421. The standard InChI is InChI=1S/C21H17BrFN3O2S/c1-11-17(20(27)26-15-6-4-5-7-16(15)28-3)18(19(24-2)21(29)25-11)13-9-8-12(22)10-14(13)23/h4-10,18,25,29H,1,3H3,(H,26,27). The lowest BCUT2D eigenvalue weighted by atomic mass is 9.84. The number of thiol groups is 1. The van der Waals surface area contributed by atoms with E-state index in [0.717, 1.165) is 0 Å². The highest BCUT2D eigenvalue weighted by molar-refractivity contribution is 9.10. The molecule has 0 saturated carbocycles. The minimum atomic E-state index is -0.899. The van der Waals surface area contributed by atoms with Crippen LogP contribution in [-0.4, -0.2) is 13.0 Å². The SMILES string of the molecule is [C-]#[N+]C1=C(S)NC(C)=C(C(=O)Nc2ccccc2OC)C1c1ccc(Br)cc1F. The third-order valence-electron chi connectivity index (χ3n) is 4.51. The van der Waals surface area contributed by atoms with Crippen LogP contribution in [0.2, 0.25) is 0 Å². The van der Waals surface area contributed by atoms with Crippen molar-refractivity contribution in [2.75, 3.05) is 12.4 Å². The van der Waals surface area contributed by atoms with E-state index in [2.05, 4.69) is 44.0 Å². The number of nitrogens with one attached hydrogen (secondary N) is 2. The largest absolute Gasteiger partial charge is 0.495 e. The van der Waals surface area contributed by atoms with Crippen molar-refractivity contribution in [2.45, 2.75) is 12.8 Å². The number of para-hydroxylation sites is 2. The molecular weight excluding hydrogens is 457 g/mol. The van der Waals surface area contributed by atoms with E-state index in [1.807, 2.05) is 0 Å². The molecule has 1 amide bonds. The maximum absolute atomic E-state index is 14.8. The van der Waals surface area contributed by atoms with Crippen LogP contribution in [0, 0.1) is 12.4 Å². The van der Waals surface area contributed by atoms with Crippen molar-refractivity contribution in [3.8, 4) is 5.75 Å². The Morgan fingerprint density at radius 1 is 1.34 bits per heavy atom.